The molecule has 0 bridgehead atoms. The normalized spacial score (nSPS) is 10.4. The lowest BCUT2D eigenvalue weighted by Gasteiger charge is -2.10. The number of aliphatic hydroxyl groups is 1. The van der Waals surface area contributed by atoms with Crippen molar-refractivity contribution in [2.45, 2.75) is 19.8 Å². The highest BCUT2D eigenvalue weighted by atomic mass is 16.5. The van der Waals surface area contributed by atoms with Crippen LogP contribution in [0.4, 0.5) is 10.6 Å². The molecular formula is C18H18N4O3. The number of benzene rings is 2. The number of nitrogens with one attached hydrogen (secondary N) is 1. The highest BCUT2D eigenvalue weighted by molar-refractivity contribution is 5.84. The van der Waals surface area contributed by atoms with E-state index in [1.807, 2.05) is 60.7 Å². The standard InChI is InChI=1S/C18H18N4O3/c23-12-16-17(19-18(24)25-13-15-9-5-2-6-10-15)22(21-20-16)11-14-7-3-1-4-8-14/h1-10,23H,11-13H2,(H,19,24). The average Bonchev–Trinajstić information content (AvgIpc) is 3.03. The molecule has 1 aromatic heterocycles. The molecule has 1 heterocycles. The highest BCUT2D eigenvalue weighted by Crippen LogP contribution is 2.15. The predicted molar refractivity (Wildman–Crippen MR) is 91.7 cm³/mol. The van der Waals surface area contributed by atoms with Crippen molar-refractivity contribution < 1.29 is 14.6 Å². The summed E-state index contributed by atoms with van der Waals surface area (Å²) in [4.78, 5) is 12.1. The first kappa shape index (κ1) is 16.7. The van der Waals surface area contributed by atoms with Gasteiger partial charge in [0.25, 0.3) is 0 Å². The summed E-state index contributed by atoms with van der Waals surface area (Å²) in [5, 5.41) is 19.9. The topological polar surface area (TPSA) is 89.3 Å². The fourth-order valence-electron chi connectivity index (χ4n) is 2.32. The average molecular weight is 338 g/mol. The minimum Gasteiger partial charge on any atom is -0.444 e. The van der Waals surface area contributed by atoms with Crippen LogP contribution in [0.25, 0.3) is 0 Å². The summed E-state index contributed by atoms with van der Waals surface area (Å²) in [6.07, 6.45) is -0.629. The maximum absolute atomic E-state index is 12.1. The van der Waals surface area contributed by atoms with Gasteiger partial charge in [-0.3, -0.25) is 5.32 Å². The summed E-state index contributed by atoms with van der Waals surface area (Å²) in [7, 11) is 0. The molecule has 2 N–H and O–H groups in total. The zero-order chi connectivity index (χ0) is 17.5. The Morgan fingerprint density at radius 3 is 2.32 bits per heavy atom. The first-order valence-corrected chi connectivity index (χ1v) is 7.81. The molecule has 128 valence electrons. The van der Waals surface area contributed by atoms with E-state index in [0.717, 1.165) is 11.1 Å². The molecule has 7 heteroatoms. The molecule has 7 nitrogen and oxygen atoms in total. The van der Waals surface area contributed by atoms with E-state index < -0.39 is 6.09 Å². The van der Waals surface area contributed by atoms with Crippen LogP contribution < -0.4 is 5.32 Å². The molecule has 3 rings (SSSR count). The van der Waals surface area contributed by atoms with Crippen molar-refractivity contribution in [2.24, 2.45) is 0 Å². The summed E-state index contributed by atoms with van der Waals surface area (Å²) in [6, 6.07) is 19.0. The van der Waals surface area contributed by atoms with Gasteiger partial charge >= 0.3 is 6.09 Å². The summed E-state index contributed by atoms with van der Waals surface area (Å²) >= 11 is 0. The molecule has 0 fully saturated rings. The quantitative estimate of drug-likeness (QED) is 0.721. The fourth-order valence-corrected chi connectivity index (χ4v) is 2.32. The first-order valence-electron chi connectivity index (χ1n) is 7.81. The first-order chi connectivity index (χ1) is 12.3. The molecule has 0 aliphatic rings. The number of rotatable bonds is 6. The lowest BCUT2D eigenvalue weighted by molar-refractivity contribution is 0.155. The third-order valence-corrected chi connectivity index (χ3v) is 3.56. The second-order valence-electron chi connectivity index (χ2n) is 5.37. The lowest BCUT2D eigenvalue weighted by Crippen LogP contribution is -2.18. The lowest BCUT2D eigenvalue weighted by atomic mass is 10.2. The molecule has 0 saturated heterocycles. The molecular weight excluding hydrogens is 320 g/mol. The van der Waals surface area contributed by atoms with Crippen molar-refractivity contribution in [1.29, 1.82) is 0 Å². The third kappa shape index (κ3) is 4.42. The van der Waals surface area contributed by atoms with Gasteiger partial charge in [-0.25, -0.2) is 9.48 Å². The monoisotopic (exact) mass is 338 g/mol. The fraction of sp³-hybridized carbons (Fsp3) is 0.167. The summed E-state index contributed by atoms with van der Waals surface area (Å²) in [5.41, 5.74) is 2.17. The zero-order valence-electron chi connectivity index (χ0n) is 13.5. The molecule has 0 aliphatic heterocycles. The van der Waals surface area contributed by atoms with Crippen molar-refractivity contribution in [3.8, 4) is 0 Å². The van der Waals surface area contributed by atoms with E-state index >= 15 is 0 Å². The Morgan fingerprint density at radius 1 is 1.04 bits per heavy atom. The van der Waals surface area contributed by atoms with Gasteiger partial charge in [0, 0.05) is 0 Å². The van der Waals surface area contributed by atoms with Gasteiger partial charge in [-0.2, -0.15) is 0 Å². The van der Waals surface area contributed by atoms with Crippen LogP contribution in [-0.4, -0.2) is 26.2 Å². The van der Waals surface area contributed by atoms with Gasteiger partial charge in [-0.05, 0) is 11.1 Å². The summed E-state index contributed by atoms with van der Waals surface area (Å²) < 4.78 is 6.72. The number of anilines is 1. The molecule has 0 spiro atoms. The largest absolute Gasteiger partial charge is 0.444 e. The SMILES string of the molecule is O=C(Nc1c(CO)nnn1Cc1ccccc1)OCc1ccccc1. The van der Waals surface area contributed by atoms with Crippen molar-refractivity contribution in [2.75, 3.05) is 5.32 Å². The molecule has 0 atom stereocenters. The second kappa shape index (κ2) is 8.07. The summed E-state index contributed by atoms with van der Waals surface area (Å²) in [5.74, 6) is 0.324. The number of carbonyl (C=O) groups is 1. The van der Waals surface area contributed by atoms with Crippen LogP contribution in [0.1, 0.15) is 16.8 Å². The number of aromatic nitrogens is 3. The van der Waals surface area contributed by atoms with E-state index in [9.17, 15) is 9.90 Å². The Kier molecular flexibility index (Phi) is 5.38. The smallest absolute Gasteiger partial charge is 0.413 e. The minimum absolute atomic E-state index is 0.154. The van der Waals surface area contributed by atoms with Crippen LogP contribution in [0.15, 0.2) is 60.7 Å². The predicted octanol–water partition coefficient (Wildman–Crippen LogP) is 2.57. The minimum atomic E-state index is -0.629. The molecule has 0 aliphatic carbocycles. The Labute approximate surface area is 144 Å². The van der Waals surface area contributed by atoms with Crippen molar-refractivity contribution >= 4 is 11.9 Å². The molecule has 1 amide bonds. The second-order valence-corrected chi connectivity index (χ2v) is 5.37. The van der Waals surface area contributed by atoms with Gasteiger partial charge in [0.2, 0.25) is 0 Å². The van der Waals surface area contributed by atoms with Crippen LogP contribution in [0.3, 0.4) is 0 Å². The van der Waals surface area contributed by atoms with E-state index in [1.54, 1.807) is 0 Å². The van der Waals surface area contributed by atoms with Crippen molar-refractivity contribution in [3.63, 3.8) is 0 Å². The molecule has 2 aromatic carbocycles. The van der Waals surface area contributed by atoms with Crippen LogP contribution in [-0.2, 0) is 24.5 Å². The Bertz CT molecular complexity index is 819. The van der Waals surface area contributed by atoms with E-state index in [4.69, 9.17) is 4.74 Å². The number of aliphatic hydroxyl groups excluding tert-OH is 1. The van der Waals surface area contributed by atoms with Crippen LogP contribution >= 0.6 is 0 Å². The van der Waals surface area contributed by atoms with Gasteiger partial charge in [-0.1, -0.05) is 65.9 Å². The number of hydrogen-bond acceptors (Lipinski definition) is 5. The highest BCUT2D eigenvalue weighted by Gasteiger charge is 2.16. The van der Waals surface area contributed by atoms with Gasteiger partial charge in [0.05, 0.1) is 13.2 Å². The van der Waals surface area contributed by atoms with Crippen molar-refractivity contribution in [3.05, 3.63) is 77.5 Å². The molecule has 25 heavy (non-hydrogen) atoms. The Morgan fingerprint density at radius 2 is 1.68 bits per heavy atom. The maximum Gasteiger partial charge on any atom is 0.413 e. The van der Waals surface area contributed by atoms with Crippen molar-refractivity contribution in [1.82, 2.24) is 15.0 Å². The number of ether oxygens (including phenoxy) is 1. The van der Waals surface area contributed by atoms with Crippen LogP contribution in [0, 0.1) is 0 Å². The Hall–Kier alpha value is -3.19. The number of amides is 1. The van der Waals surface area contributed by atoms with Crippen LogP contribution in [0.2, 0.25) is 0 Å². The summed E-state index contributed by atoms with van der Waals surface area (Å²) in [6.45, 7) is 0.243. The number of hydrogen-bond donors (Lipinski definition) is 2. The Balaban J connectivity index is 1.68. The van der Waals surface area contributed by atoms with E-state index in [2.05, 4.69) is 15.6 Å². The van der Waals surface area contributed by atoms with Gasteiger partial charge < -0.3 is 9.84 Å². The van der Waals surface area contributed by atoms with E-state index in [1.165, 1.54) is 4.68 Å². The van der Waals surface area contributed by atoms with E-state index in [-0.39, 0.29) is 18.9 Å². The zero-order valence-corrected chi connectivity index (χ0v) is 13.5. The molecule has 0 unspecified atom stereocenters. The molecule has 0 saturated carbocycles. The van der Waals surface area contributed by atoms with Gasteiger partial charge in [0.1, 0.15) is 12.3 Å². The number of nitrogens with zero attached hydrogens (tertiary/aromatic N) is 3. The third-order valence-electron chi connectivity index (χ3n) is 3.56. The number of carbonyl (C=O) groups excluding carboxylic acids is 1. The van der Waals surface area contributed by atoms with Crippen LogP contribution in [0.5, 0.6) is 0 Å². The van der Waals surface area contributed by atoms with E-state index in [0.29, 0.717) is 12.4 Å². The van der Waals surface area contributed by atoms with Gasteiger partial charge in [-0.15, -0.1) is 5.10 Å². The van der Waals surface area contributed by atoms with Gasteiger partial charge in [0.15, 0.2) is 5.82 Å². The molecule has 3 aromatic rings. The maximum atomic E-state index is 12.1. The molecule has 0 radical (unpaired) electrons.